The summed E-state index contributed by atoms with van der Waals surface area (Å²) in [5.41, 5.74) is 6.33. The highest BCUT2D eigenvalue weighted by molar-refractivity contribution is 7.80. The maximum atomic E-state index is 10.9. The van der Waals surface area contributed by atoms with Gasteiger partial charge >= 0.3 is 0 Å². The van der Waals surface area contributed by atoms with Crippen molar-refractivity contribution in [3.05, 3.63) is 35.9 Å². The molecule has 0 fully saturated rings. The number of carboxylic acids is 1. The maximum absolute atomic E-state index is 10.9. The van der Waals surface area contributed by atoms with Crippen molar-refractivity contribution in [2.24, 2.45) is 11.7 Å². The molecule has 0 bridgehead atoms. The number of hydrogen-bond donors (Lipinski definition) is 3. The van der Waals surface area contributed by atoms with E-state index in [1.165, 1.54) is 0 Å². The standard InChI is InChI=1S/C10H13NOS.C2H4O2/c11-10(12)9(7-13)6-8-4-2-1-3-5-8;1-2(3)4/h1-5,9,13H,6-7H2,(H2,11,12);1H3,(H,3,4)/t9-;/m1./s1. The van der Waals surface area contributed by atoms with Gasteiger partial charge in [-0.05, 0) is 12.0 Å². The van der Waals surface area contributed by atoms with Crippen molar-refractivity contribution in [2.45, 2.75) is 13.3 Å². The van der Waals surface area contributed by atoms with Gasteiger partial charge in [-0.2, -0.15) is 12.6 Å². The number of thiol groups is 1. The second-order valence-electron chi connectivity index (χ2n) is 3.49. The Morgan fingerprint density at radius 3 is 2.18 bits per heavy atom. The first-order chi connectivity index (χ1) is 7.97. The van der Waals surface area contributed by atoms with Gasteiger partial charge in [0.1, 0.15) is 0 Å². The van der Waals surface area contributed by atoms with Crippen LogP contribution in [0.5, 0.6) is 0 Å². The van der Waals surface area contributed by atoms with E-state index in [0.29, 0.717) is 12.2 Å². The first kappa shape index (κ1) is 15.5. The number of carbonyl (C=O) groups is 2. The highest BCUT2D eigenvalue weighted by atomic mass is 32.1. The Morgan fingerprint density at radius 2 is 1.82 bits per heavy atom. The van der Waals surface area contributed by atoms with Crippen molar-refractivity contribution in [3.8, 4) is 0 Å². The number of amides is 1. The summed E-state index contributed by atoms with van der Waals surface area (Å²) < 4.78 is 0. The first-order valence-electron chi connectivity index (χ1n) is 5.11. The van der Waals surface area contributed by atoms with E-state index in [9.17, 15) is 4.79 Å². The summed E-state index contributed by atoms with van der Waals surface area (Å²) in [7, 11) is 0. The minimum atomic E-state index is -0.833. The second kappa shape index (κ2) is 8.64. The van der Waals surface area contributed by atoms with Crippen molar-refractivity contribution >= 4 is 24.5 Å². The van der Waals surface area contributed by atoms with Crippen LogP contribution >= 0.6 is 12.6 Å². The van der Waals surface area contributed by atoms with Gasteiger partial charge in [0.05, 0.1) is 5.92 Å². The molecule has 0 radical (unpaired) electrons. The lowest BCUT2D eigenvalue weighted by molar-refractivity contribution is -0.134. The van der Waals surface area contributed by atoms with Gasteiger partial charge in [0.2, 0.25) is 5.91 Å². The minimum Gasteiger partial charge on any atom is -0.481 e. The third kappa shape index (κ3) is 8.33. The van der Waals surface area contributed by atoms with Crippen LogP contribution in [0.1, 0.15) is 12.5 Å². The van der Waals surface area contributed by atoms with Gasteiger partial charge in [0, 0.05) is 12.7 Å². The third-order valence-corrected chi connectivity index (χ3v) is 2.39. The van der Waals surface area contributed by atoms with E-state index < -0.39 is 5.97 Å². The van der Waals surface area contributed by atoms with Gasteiger partial charge in [-0.15, -0.1) is 0 Å². The zero-order valence-corrected chi connectivity index (χ0v) is 10.6. The van der Waals surface area contributed by atoms with E-state index in [1.807, 2.05) is 30.3 Å². The Morgan fingerprint density at radius 1 is 1.35 bits per heavy atom. The predicted octanol–water partition coefficient (Wildman–Crippen LogP) is 1.35. The lowest BCUT2D eigenvalue weighted by atomic mass is 10.0. The van der Waals surface area contributed by atoms with Crippen LogP contribution in [0.2, 0.25) is 0 Å². The molecule has 1 aromatic rings. The fourth-order valence-corrected chi connectivity index (χ4v) is 1.46. The number of aliphatic carboxylic acids is 1. The molecule has 3 N–H and O–H groups in total. The quantitative estimate of drug-likeness (QED) is 0.710. The molecule has 0 aromatic heterocycles. The average Bonchev–Trinajstić information content (AvgIpc) is 2.26. The highest BCUT2D eigenvalue weighted by Crippen LogP contribution is 2.09. The van der Waals surface area contributed by atoms with Crippen molar-refractivity contribution in [1.82, 2.24) is 0 Å². The largest absolute Gasteiger partial charge is 0.481 e. The molecule has 0 heterocycles. The lowest BCUT2D eigenvalue weighted by Crippen LogP contribution is -2.26. The highest BCUT2D eigenvalue weighted by Gasteiger charge is 2.13. The first-order valence-corrected chi connectivity index (χ1v) is 5.74. The van der Waals surface area contributed by atoms with Gasteiger partial charge in [-0.25, -0.2) is 0 Å². The fraction of sp³-hybridized carbons (Fsp3) is 0.333. The van der Waals surface area contributed by atoms with Gasteiger partial charge in [0.15, 0.2) is 0 Å². The zero-order chi connectivity index (χ0) is 13.3. The summed E-state index contributed by atoms with van der Waals surface area (Å²) in [6.07, 6.45) is 0.680. The SMILES string of the molecule is CC(=O)O.NC(=O)[C@@H](CS)Cc1ccccc1. The number of rotatable bonds is 4. The molecule has 17 heavy (non-hydrogen) atoms. The Balaban J connectivity index is 0.000000557. The van der Waals surface area contributed by atoms with Crippen LogP contribution in [0.25, 0.3) is 0 Å². The monoisotopic (exact) mass is 255 g/mol. The molecule has 1 rings (SSSR count). The molecule has 0 spiro atoms. The Labute approximate surface area is 106 Å². The smallest absolute Gasteiger partial charge is 0.300 e. The van der Waals surface area contributed by atoms with E-state index in [2.05, 4.69) is 12.6 Å². The number of carboxylic acid groups (broad SMARTS) is 1. The van der Waals surface area contributed by atoms with Crippen LogP contribution in [-0.4, -0.2) is 22.7 Å². The van der Waals surface area contributed by atoms with E-state index in [4.69, 9.17) is 15.6 Å². The van der Waals surface area contributed by atoms with Crippen molar-refractivity contribution in [1.29, 1.82) is 0 Å². The number of primary amides is 1. The Bertz CT molecular complexity index is 350. The summed E-state index contributed by atoms with van der Waals surface area (Å²) in [6, 6.07) is 9.82. The second-order valence-corrected chi connectivity index (χ2v) is 3.86. The van der Waals surface area contributed by atoms with Gasteiger partial charge in [-0.3, -0.25) is 9.59 Å². The van der Waals surface area contributed by atoms with Crippen molar-refractivity contribution in [2.75, 3.05) is 5.75 Å². The minimum absolute atomic E-state index is 0.161. The Kier molecular flexibility index (Phi) is 7.88. The fourth-order valence-electron chi connectivity index (χ4n) is 1.15. The summed E-state index contributed by atoms with van der Waals surface area (Å²) in [5, 5.41) is 7.42. The summed E-state index contributed by atoms with van der Waals surface area (Å²) in [4.78, 5) is 19.9. The van der Waals surface area contributed by atoms with E-state index in [1.54, 1.807) is 0 Å². The van der Waals surface area contributed by atoms with Crippen LogP contribution in [0.15, 0.2) is 30.3 Å². The molecular formula is C12H17NO3S. The van der Waals surface area contributed by atoms with Crippen molar-refractivity contribution in [3.63, 3.8) is 0 Å². The predicted molar refractivity (Wildman–Crippen MR) is 70.0 cm³/mol. The normalized spacial score (nSPS) is 10.9. The van der Waals surface area contributed by atoms with Crippen LogP contribution in [-0.2, 0) is 16.0 Å². The molecule has 1 atom stereocenters. The van der Waals surface area contributed by atoms with E-state index in [0.717, 1.165) is 12.5 Å². The molecule has 1 amide bonds. The average molecular weight is 255 g/mol. The number of nitrogens with two attached hydrogens (primary N) is 1. The molecule has 5 heteroatoms. The Hall–Kier alpha value is -1.49. The van der Waals surface area contributed by atoms with E-state index in [-0.39, 0.29) is 11.8 Å². The lowest BCUT2D eigenvalue weighted by Gasteiger charge is -2.09. The van der Waals surface area contributed by atoms with Crippen LogP contribution in [0.4, 0.5) is 0 Å². The van der Waals surface area contributed by atoms with Crippen LogP contribution < -0.4 is 5.73 Å². The van der Waals surface area contributed by atoms with Gasteiger partial charge in [0.25, 0.3) is 5.97 Å². The molecule has 0 aliphatic carbocycles. The van der Waals surface area contributed by atoms with Crippen LogP contribution in [0.3, 0.4) is 0 Å². The molecule has 1 aromatic carbocycles. The number of benzene rings is 1. The zero-order valence-electron chi connectivity index (χ0n) is 9.67. The molecule has 4 nitrogen and oxygen atoms in total. The van der Waals surface area contributed by atoms with Crippen molar-refractivity contribution < 1.29 is 14.7 Å². The topological polar surface area (TPSA) is 80.4 Å². The van der Waals surface area contributed by atoms with Crippen LogP contribution in [0, 0.1) is 5.92 Å². The molecule has 0 aliphatic rings. The molecular weight excluding hydrogens is 238 g/mol. The maximum Gasteiger partial charge on any atom is 0.300 e. The summed E-state index contributed by atoms with van der Waals surface area (Å²) >= 11 is 4.08. The summed E-state index contributed by atoms with van der Waals surface area (Å²) in [6.45, 7) is 1.08. The molecule has 0 aliphatic heterocycles. The van der Waals surface area contributed by atoms with Gasteiger partial charge < -0.3 is 10.8 Å². The molecule has 0 saturated heterocycles. The van der Waals surface area contributed by atoms with Gasteiger partial charge in [-0.1, -0.05) is 30.3 Å². The molecule has 94 valence electrons. The molecule has 0 unspecified atom stereocenters. The molecule has 0 saturated carbocycles. The number of hydrogen-bond acceptors (Lipinski definition) is 3. The third-order valence-electron chi connectivity index (χ3n) is 1.95. The van der Waals surface area contributed by atoms with E-state index >= 15 is 0 Å². The number of carbonyl (C=O) groups excluding carboxylic acids is 1. The summed E-state index contributed by atoms with van der Waals surface area (Å²) in [5.74, 6) is -0.769.